The van der Waals surface area contributed by atoms with Crippen molar-refractivity contribution < 1.29 is 32.4 Å². The van der Waals surface area contributed by atoms with Gasteiger partial charge in [0.2, 0.25) is 0 Å². The highest BCUT2D eigenvalue weighted by Gasteiger charge is 2.50. The first-order valence-electron chi connectivity index (χ1n) is 10.8. The van der Waals surface area contributed by atoms with Crippen LogP contribution in [-0.4, -0.2) is 51.3 Å². The Balaban J connectivity index is 1.30. The van der Waals surface area contributed by atoms with E-state index in [-0.39, 0.29) is 23.9 Å². The van der Waals surface area contributed by atoms with Gasteiger partial charge in [-0.05, 0) is 19.1 Å². The lowest BCUT2D eigenvalue weighted by molar-refractivity contribution is -0.384. The maximum absolute atomic E-state index is 13.2. The van der Waals surface area contributed by atoms with Crippen molar-refractivity contribution in [3.63, 3.8) is 0 Å². The predicted molar refractivity (Wildman–Crippen MR) is 121 cm³/mol. The van der Waals surface area contributed by atoms with Crippen LogP contribution < -0.4 is 10.1 Å². The fourth-order valence-electron chi connectivity index (χ4n) is 3.32. The Hall–Kier alpha value is -3.51. The quantitative estimate of drug-likeness (QED) is 0.176. The molecule has 5 heterocycles. The van der Waals surface area contributed by atoms with Crippen LogP contribution in [0.1, 0.15) is 34.8 Å². The third-order valence-corrected chi connectivity index (χ3v) is 8.18. The van der Waals surface area contributed by atoms with E-state index in [1.165, 1.54) is 24.8 Å². The average molecular weight is 503 g/mol. The third kappa shape index (κ3) is 5.13. The van der Waals surface area contributed by atoms with Crippen LogP contribution in [0.5, 0.6) is 5.75 Å². The molecule has 1 amide bonds. The van der Waals surface area contributed by atoms with Gasteiger partial charge in [-0.15, -0.1) is 0 Å². The minimum atomic E-state index is -3.18. The van der Waals surface area contributed by atoms with Crippen LogP contribution in [0.3, 0.4) is 0 Å². The van der Waals surface area contributed by atoms with Crippen LogP contribution in [0.25, 0.3) is 0 Å². The number of ether oxygens (including phenoxy) is 1. The summed E-state index contributed by atoms with van der Waals surface area (Å²) >= 11 is 0. The number of carbonyl (C=O) groups excluding carboxylic acids is 1. The second-order valence-corrected chi connectivity index (χ2v) is 10.3. The highest BCUT2D eigenvalue weighted by molar-refractivity contribution is 7.54. The molecule has 3 aromatic heterocycles. The smallest absolute Gasteiger partial charge is 0.346 e. The third-order valence-electron chi connectivity index (χ3n) is 5.36. The lowest BCUT2D eigenvalue weighted by Gasteiger charge is -2.22. The van der Waals surface area contributed by atoms with E-state index >= 15 is 0 Å². The van der Waals surface area contributed by atoms with Crippen molar-refractivity contribution in [3.05, 3.63) is 70.1 Å². The van der Waals surface area contributed by atoms with Crippen molar-refractivity contribution in [3.8, 4) is 5.75 Å². The molecule has 2 fully saturated rings. The number of nitro groups is 1. The Morgan fingerprint density at radius 1 is 1.29 bits per heavy atom. The number of rotatable bonds is 11. The number of aromatic nitrogens is 1. The Bertz CT molecular complexity index is 1270. The van der Waals surface area contributed by atoms with Gasteiger partial charge < -0.3 is 13.6 Å². The molecule has 14 heteroatoms. The topological polar surface area (TPSA) is 153 Å². The van der Waals surface area contributed by atoms with Crippen LogP contribution in [-0.2, 0) is 15.7 Å². The Kier molecular flexibility index (Phi) is 6.15. The number of amides is 1. The molecule has 0 aromatic carbocycles. The van der Waals surface area contributed by atoms with Gasteiger partial charge in [0.15, 0.2) is 0 Å². The van der Waals surface area contributed by atoms with Gasteiger partial charge in [-0.25, -0.2) is 9.34 Å². The van der Waals surface area contributed by atoms with E-state index in [4.69, 9.17) is 18.1 Å². The van der Waals surface area contributed by atoms with Gasteiger partial charge in [0.1, 0.15) is 29.9 Å². The number of nitrogens with zero attached hydrogens (tertiary/aromatic N) is 4. The molecule has 5 rings (SSSR count). The minimum absolute atomic E-state index is 0.0289. The number of anilines is 1. The minimum Gasteiger partial charge on any atom is -0.489 e. The first kappa shape index (κ1) is 23.2. The zero-order chi connectivity index (χ0) is 24.6. The maximum Gasteiger partial charge on any atom is 0.346 e. The van der Waals surface area contributed by atoms with E-state index < -0.39 is 30.3 Å². The van der Waals surface area contributed by atoms with Crippen molar-refractivity contribution in [1.82, 2.24) is 14.3 Å². The van der Waals surface area contributed by atoms with Gasteiger partial charge in [-0.3, -0.25) is 34.3 Å². The van der Waals surface area contributed by atoms with Crippen LogP contribution in [0, 0.1) is 10.1 Å². The Labute approximate surface area is 199 Å². The summed E-state index contributed by atoms with van der Waals surface area (Å²) in [6.07, 6.45) is 3.60. The molecule has 35 heavy (non-hydrogen) atoms. The SMILES string of the molecule is CC(OP(=O)(N1CC1)N1CC1)c1cc([N+](=O)[O-])c(NC(=O)c2cc(OCc3ccoc3)ccn2)o1. The summed E-state index contributed by atoms with van der Waals surface area (Å²) in [5.74, 6) is -0.648. The lowest BCUT2D eigenvalue weighted by atomic mass is 10.3. The molecule has 1 unspecified atom stereocenters. The summed E-state index contributed by atoms with van der Waals surface area (Å²) in [7, 11) is -3.18. The molecule has 0 radical (unpaired) electrons. The average Bonchev–Trinajstić information content (AvgIpc) is 3.77. The molecule has 0 spiro atoms. The molecule has 1 N–H and O–H groups in total. The largest absolute Gasteiger partial charge is 0.489 e. The fourth-order valence-corrected chi connectivity index (χ4v) is 5.65. The molecule has 13 nitrogen and oxygen atoms in total. The maximum atomic E-state index is 13.2. The van der Waals surface area contributed by atoms with Gasteiger partial charge in [0.25, 0.3) is 11.8 Å². The number of furan rings is 2. The van der Waals surface area contributed by atoms with Gasteiger partial charge >= 0.3 is 13.4 Å². The second-order valence-electron chi connectivity index (χ2n) is 8.02. The summed E-state index contributed by atoms with van der Waals surface area (Å²) in [5, 5.41) is 14.0. The van der Waals surface area contributed by atoms with Crippen molar-refractivity contribution in [1.29, 1.82) is 0 Å². The van der Waals surface area contributed by atoms with Crippen molar-refractivity contribution in [2.75, 3.05) is 31.5 Å². The number of hydrogen-bond acceptors (Lipinski definition) is 9. The highest BCUT2D eigenvalue weighted by atomic mass is 31.2. The summed E-state index contributed by atoms with van der Waals surface area (Å²) in [5.41, 5.74) is 0.327. The monoisotopic (exact) mass is 503 g/mol. The van der Waals surface area contributed by atoms with Crippen LogP contribution in [0.2, 0.25) is 0 Å². The van der Waals surface area contributed by atoms with Crippen molar-refractivity contribution >= 4 is 25.1 Å². The first-order valence-corrected chi connectivity index (χ1v) is 12.4. The van der Waals surface area contributed by atoms with Crippen LogP contribution >= 0.6 is 7.67 Å². The van der Waals surface area contributed by atoms with Gasteiger partial charge in [-0.2, -0.15) is 0 Å². The molecule has 184 valence electrons. The van der Waals surface area contributed by atoms with E-state index in [0.29, 0.717) is 31.9 Å². The molecule has 2 aliphatic heterocycles. The second kappa shape index (κ2) is 9.27. The summed E-state index contributed by atoms with van der Waals surface area (Å²) in [4.78, 5) is 27.7. The van der Waals surface area contributed by atoms with E-state index in [1.807, 2.05) is 0 Å². The predicted octanol–water partition coefficient (Wildman–Crippen LogP) is 3.82. The molecule has 0 saturated carbocycles. The molecule has 1 atom stereocenters. The standard InChI is InChI=1S/C21H22N5O8P/c1-14(34-35(30,24-5-6-24)25-7-8-25)19-11-18(26(28)29)21(33-19)23-20(27)17-10-16(2-4-22-17)32-13-15-3-9-31-12-15/h2-4,9-12,14H,5-8,13H2,1H3,(H,23,27). The molecule has 3 aromatic rings. The van der Waals surface area contributed by atoms with Crippen molar-refractivity contribution in [2.24, 2.45) is 0 Å². The van der Waals surface area contributed by atoms with Gasteiger partial charge in [-0.1, -0.05) is 0 Å². The summed E-state index contributed by atoms with van der Waals surface area (Å²) < 4.78 is 38.7. The fraction of sp³-hybridized carbons (Fsp3) is 0.333. The molecule has 2 saturated heterocycles. The van der Waals surface area contributed by atoms with Crippen LogP contribution in [0.15, 0.2) is 51.8 Å². The van der Waals surface area contributed by atoms with Crippen LogP contribution in [0.4, 0.5) is 11.6 Å². The lowest BCUT2D eigenvalue weighted by Crippen LogP contribution is -2.14. The zero-order valence-corrected chi connectivity index (χ0v) is 19.6. The number of carbonyl (C=O) groups is 1. The zero-order valence-electron chi connectivity index (χ0n) is 18.7. The number of pyridine rings is 1. The van der Waals surface area contributed by atoms with Crippen molar-refractivity contribution in [2.45, 2.75) is 19.6 Å². The molecule has 2 aliphatic rings. The molecular formula is C21H22N5O8P. The molecule has 0 aliphatic carbocycles. The molecular weight excluding hydrogens is 481 g/mol. The number of nitrogens with one attached hydrogen (secondary N) is 1. The summed E-state index contributed by atoms with van der Waals surface area (Å²) in [6.45, 7) is 4.48. The van der Waals surface area contributed by atoms with Gasteiger partial charge in [0.05, 0.1) is 23.5 Å². The Morgan fingerprint density at radius 3 is 2.66 bits per heavy atom. The van der Waals surface area contributed by atoms with Gasteiger partial charge in [0, 0.05) is 44.0 Å². The van der Waals surface area contributed by atoms with E-state index in [9.17, 15) is 19.5 Å². The summed E-state index contributed by atoms with van der Waals surface area (Å²) in [6, 6.07) is 5.89. The highest BCUT2D eigenvalue weighted by Crippen LogP contribution is 2.63. The van der Waals surface area contributed by atoms with E-state index in [2.05, 4.69) is 10.3 Å². The molecule has 0 bridgehead atoms. The van der Waals surface area contributed by atoms with E-state index in [0.717, 1.165) is 11.6 Å². The normalized spacial score (nSPS) is 16.6. The number of hydrogen-bond donors (Lipinski definition) is 1. The Morgan fingerprint density at radius 2 is 2.03 bits per heavy atom. The first-order chi connectivity index (χ1) is 16.8. The van der Waals surface area contributed by atoms with E-state index in [1.54, 1.807) is 28.4 Å².